The number of hydrogen-bond acceptors (Lipinski definition) is 3. The molecule has 0 amide bonds. The molecular weight excluding hydrogens is 142 g/mol. The first-order valence-corrected chi connectivity index (χ1v) is 4.37. The van der Waals surface area contributed by atoms with E-state index < -0.39 is 0 Å². The number of nitrogens with zero attached hydrogens (tertiary/aromatic N) is 1. The maximum atomic E-state index is 9.55. The van der Waals surface area contributed by atoms with Crippen LogP contribution in [0.4, 0.5) is 0 Å². The molecule has 11 heavy (non-hydrogen) atoms. The zero-order valence-electron chi connectivity index (χ0n) is 6.61. The molecule has 0 spiro atoms. The summed E-state index contributed by atoms with van der Waals surface area (Å²) in [5, 5.41) is 18.5. The largest absolute Gasteiger partial charge is 0.395 e. The summed E-state index contributed by atoms with van der Waals surface area (Å²) in [6.45, 7) is 1.26. The van der Waals surface area contributed by atoms with Crippen LogP contribution in [0.3, 0.4) is 0 Å². The lowest BCUT2D eigenvalue weighted by molar-refractivity contribution is 0.127. The fourth-order valence-electron chi connectivity index (χ4n) is 2.43. The highest BCUT2D eigenvalue weighted by molar-refractivity contribution is 4.97. The summed E-state index contributed by atoms with van der Waals surface area (Å²) < 4.78 is 0. The molecule has 0 radical (unpaired) electrons. The van der Waals surface area contributed by atoms with Gasteiger partial charge in [-0.15, -0.1) is 0 Å². The monoisotopic (exact) mass is 157 g/mol. The summed E-state index contributed by atoms with van der Waals surface area (Å²) in [4.78, 5) is 2.25. The van der Waals surface area contributed by atoms with Crippen LogP contribution in [0.2, 0.25) is 0 Å². The van der Waals surface area contributed by atoms with Gasteiger partial charge in [0.2, 0.25) is 0 Å². The van der Waals surface area contributed by atoms with Crippen molar-refractivity contribution >= 4 is 0 Å². The predicted octanol–water partition coefficient (Wildman–Crippen LogP) is -0.424. The molecule has 2 fully saturated rings. The standard InChI is InChI=1S/C8H15NO2/c10-5-6-4-8(11)7-2-1-3-9(6)7/h6-8,10-11H,1-5H2/t6-,7-,8-/m0/s1. The van der Waals surface area contributed by atoms with Crippen LogP contribution in [0.5, 0.6) is 0 Å². The molecule has 0 bridgehead atoms. The molecule has 2 N–H and O–H groups in total. The maximum Gasteiger partial charge on any atom is 0.0711 e. The molecule has 2 rings (SSSR count). The van der Waals surface area contributed by atoms with E-state index in [2.05, 4.69) is 4.90 Å². The number of fused-ring (bicyclic) bond motifs is 1. The van der Waals surface area contributed by atoms with E-state index in [0.717, 1.165) is 19.4 Å². The van der Waals surface area contributed by atoms with Crippen LogP contribution < -0.4 is 0 Å². The molecule has 3 atom stereocenters. The minimum absolute atomic E-state index is 0.186. The van der Waals surface area contributed by atoms with Crippen molar-refractivity contribution in [2.45, 2.75) is 37.5 Å². The van der Waals surface area contributed by atoms with Gasteiger partial charge in [-0.1, -0.05) is 0 Å². The van der Waals surface area contributed by atoms with Gasteiger partial charge >= 0.3 is 0 Å². The maximum absolute atomic E-state index is 9.55. The lowest BCUT2D eigenvalue weighted by Gasteiger charge is -2.21. The van der Waals surface area contributed by atoms with Crippen LogP contribution in [0, 0.1) is 0 Å². The van der Waals surface area contributed by atoms with E-state index >= 15 is 0 Å². The van der Waals surface area contributed by atoms with Gasteiger partial charge < -0.3 is 10.2 Å². The molecule has 2 saturated heterocycles. The first-order chi connectivity index (χ1) is 5.33. The second kappa shape index (κ2) is 2.73. The van der Waals surface area contributed by atoms with Crippen LogP contribution in [0.1, 0.15) is 19.3 Å². The smallest absolute Gasteiger partial charge is 0.0711 e. The lowest BCUT2D eigenvalue weighted by atomic mass is 10.1. The number of aliphatic hydroxyl groups is 2. The summed E-state index contributed by atoms with van der Waals surface area (Å²) in [5.41, 5.74) is 0. The van der Waals surface area contributed by atoms with Crippen LogP contribution in [-0.2, 0) is 0 Å². The highest BCUT2D eigenvalue weighted by atomic mass is 16.3. The Kier molecular flexibility index (Phi) is 1.87. The number of hydrogen-bond donors (Lipinski definition) is 2. The Bertz CT molecular complexity index is 151. The second-order valence-electron chi connectivity index (χ2n) is 3.59. The Morgan fingerprint density at radius 2 is 2.27 bits per heavy atom. The lowest BCUT2D eigenvalue weighted by Crippen LogP contribution is -2.34. The van der Waals surface area contributed by atoms with Gasteiger partial charge in [0, 0.05) is 12.1 Å². The molecule has 0 saturated carbocycles. The van der Waals surface area contributed by atoms with Crippen molar-refractivity contribution in [3.05, 3.63) is 0 Å². The molecular formula is C8H15NO2. The first-order valence-electron chi connectivity index (χ1n) is 4.37. The summed E-state index contributed by atoms with van der Waals surface area (Å²) >= 11 is 0. The van der Waals surface area contributed by atoms with E-state index in [9.17, 15) is 5.11 Å². The van der Waals surface area contributed by atoms with Gasteiger partial charge in [0.1, 0.15) is 0 Å². The third-order valence-electron chi connectivity index (χ3n) is 2.98. The SMILES string of the molecule is OC[C@@H]1C[C@H](O)[C@@H]2CCCN12. The van der Waals surface area contributed by atoms with E-state index in [1.807, 2.05) is 0 Å². The van der Waals surface area contributed by atoms with Crippen molar-refractivity contribution in [1.82, 2.24) is 4.90 Å². The zero-order valence-corrected chi connectivity index (χ0v) is 6.61. The normalized spacial score (nSPS) is 44.7. The van der Waals surface area contributed by atoms with E-state index in [1.165, 1.54) is 6.42 Å². The van der Waals surface area contributed by atoms with E-state index in [4.69, 9.17) is 5.11 Å². The topological polar surface area (TPSA) is 43.7 Å². The highest BCUT2D eigenvalue weighted by Crippen LogP contribution is 2.32. The Morgan fingerprint density at radius 1 is 1.45 bits per heavy atom. The minimum Gasteiger partial charge on any atom is -0.395 e. The Morgan fingerprint density at radius 3 is 3.00 bits per heavy atom. The molecule has 0 aromatic heterocycles. The van der Waals surface area contributed by atoms with Crippen LogP contribution in [0.15, 0.2) is 0 Å². The molecule has 2 aliphatic rings. The second-order valence-corrected chi connectivity index (χ2v) is 3.59. The average molecular weight is 157 g/mol. The molecule has 2 aliphatic heterocycles. The van der Waals surface area contributed by atoms with Crippen molar-refractivity contribution in [2.24, 2.45) is 0 Å². The molecule has 0 aromatic carbocycles. The van der Waals surface area contributed by atoms with E-state index in [0.29, 0.717) is 6.04 Å². The van der Waals surface area contributed by atoms with Gasteiger partial charge in [0.25, 0.3) is 0 Å². The van der Waals surface area contributed by atoms with E-state index in [-0.39, 0.29) is 18.8 Å². The summed E-state index contributed by atoms with van der Waals surface area (Å²) in [6, 6.07) is 0.588. The first kappa shape index (κ1) is 7.53. The quantitative estimate of drug-likeness (QED) is 0.543. The molecule has 0 aliphatic carbocycles. The molecule has 64 valence electrons. The van der Waals surface area contributed by atoms with Crippen LogP contribution in [0.25, 0.3) is 0 Å². The molecule has 0 unspecified atom stereocenters. The number of rotatable bonds is 1. The van der Waals surface area contributed by atoms with Gasteiger partial charge in [0.05, 0.1) is 12.7 Å². The third kappa shape index (κ3) is 1.08. The highest BCUT2D eigenvalue weighted by Gasteiger charge is 2.42. The summed E-state index contributed by atoms with van der Waals surface area (Å²) in [6.07, 6.45) is 2.87. The van der Waals surface area contributed by atoms with Gasteiger partial charge in [0.15, 0.2) is 0 Å². The van der Waals surface area contributed by atoms with Crippen molar-refractivity contribution < 1.29 is 10.2 Å². The average Bonchev–Trinajstić information content (AvgIpc) is 2.54. The van der Waals surface area contributed by atoms with Crippen molar-refractivity contribution in [2.75, 3.05) is 13.2 Å². The van der Waals surface area contributed by atoms with E-state index in [1.54, 1.807) is 0 Å². The van der Waals surface area contributed by atoms with Crippen molar-refractivity contribution in [3.8, 4) is 0 Å². The van der Waals surface area contributed by atoms with Gasteiger partial charge in [-0.05, 0) is 25.8 Å². The molecule has 2 heterocycles. The predicted molar refractivity (Wildman–Crippen MR) is 41.2 cm³/mol. The fraction of sp³-hybridized carbons (Fsp3) is 1.00. The fourth-order valence-corrected chi connectivity index (χ4v) is 2.43. The Labute approximate surface area is 66.6 Å². The van der Waals surface area contributed by atoms with Crippen LogP contribution in [-0.4, -0.2) is 46.5 Å². The molecule has 3 nitrogen and oxygen atoms in total. The minimum atomic E-state index is -0.186. The summed E-state index contributed by atoms with van der Waals surface area (Å²) in [5.74, 6) is 0. The van der Waals surface area contributed by atoms with Gasteiger partial charge in [-0.2, -0.15) is 0 Å². The Balaban J connectivity index is 2.07. The number of aliphatic hydroxyl groups excluding tert-OH is 2. The third-order valence-corrected chi connectivity index (χ3v) is 2.98. The van der Waals surface area contributed by atoms with Gasteiger partial charge in [-0.3, -0.25) is 4.90 Å². The van der Waals surface area contributed by atoms with Gasteiger partial charge in [-0.25, -0.2) is 0 Å². The van der Waals surface area contributed by atoms with Crippen molar-refractivity contribution in [1.29, 1.82) is 0 Å². The van der Waals surface area contributed by atoms with Crippen LogP contribution >= 0.6 is 0 Å². The zero-order chi connectivity index (χ0) is 7.84. The molecule has 0 aromatic rings. The van der Waals surface area contributed by atoms with Crippen molar-refractivity contribution in [3.63, 3.8) is 0 Å². The Hall–Kier alpha value is -0.120. The molecule has 3 heteroatoms. The summed E-state index contributed by atoms with van der Waals surface area (Å²) in [7, 11) is 0.